The fourth-order valence-corrected chi connectivity index (χ4v) is 1.83. The summed E-state index contributed by atoms with van der Waals surface area (Å²) in [6.07, 6.45) is -2.70. The Morgan fingerprint density at radius 3 is 2.60 bits per heavy atom. The van der Waals surface area contributed by atoms with E-state index >= 15 is 0 Å². The van der Waals surface area contributed by atoms with Crippen molar-refractivity contribution in [2.24, 2.45) is 5.73 Å². The first-order chi connectivity index (χ1) is 6.79. The minimum Gasteiger partial charge on any atom is -0.342 e. The summed E-state index contributed by atoms with van der Waals surface area (Å²) in [5.41, 5.74) is 5.58. The number of thiazole rings is 1. The predicted molar refractivity (Wildman–Crippen MR) is 54.0 cm³/mol. The highest BCUT2D eigenvalue weighted by Crippen LogP contribution is 2.27. The van der Waals surface area contributed by atoms with E-state index in [0.29, 0.717) is 5.13 Å². The van der Waals surface area contributed by atoms with Gasteiger partial charge < -0.3 is 10.6 Å². The molecule has 0 amide bonds. The lowest BCUT2D eigenvalue weighted by molar-refractivity contribution is -0.119. The van der Waals surface area contributed by atoms with E-state index in [-0.39, 0.29) is 6.04 Å². The van der Waals surface area contributed by atoms with Crippen molar-refractivity contribution in [1.82, 2.24) is 4.98 Å². The van der Waals surface area contributed by atoms with Crippen LogP contribution in [0.15, 0.2) is 6.20 Å². The third-order valence-electron chi connectivity index (χ3n) is 1.70. The smallest absolute Gasteiger partial charge is 0.342 e. The number of halogens is 3. The van der Waals surface area contributed by atoms with Crippen LogP contribution in [0, 0.1) is 0 Å². The summed E-state index contributed by atoms with van der Waals surface area (Å²) in [5, 5.41) is 0.333. The minimum atomic E-state index is -4.21. The Morgan fingerprint density at radius 2 is 2.20 bits per heavy atom. The van der Waals surface area contributed by atoms with Gasteiger partial charge in [0.2, 0.25) is 0 Å². The molecule has 1 heterocycles. The van der Waals surface area contributed by atoms with Crippen molar-refractivity contribution in [3.05, 3.63) is 11.1 Å². The molecular formula is C8H12F3N3S. The Labute approximate surface area is 89.7 Å². The summed E-state index contributed by atoms with van der Waals surface area (Å²) in [5.74, 6) is 0. The Balaban J connectivity index is 2.70. The topological polar surface area (TPSA) is 42.1 Å². The molecule has 3 nitrogen and oxygen atoms in total. The van der Waals surface area contributed by atoms with Gasteiger partial charge in [-0.1, -0.05) is 0 Å². The quantitative estimate of drug-likeness (QED) is 0.878. The Bertz CT molecular complexity index is 321. The van der Waals surface area contributed by atoms with Gasteiger partial charge in [0.05, 0.1) is 0 Å². The first kappa shape index (κ1) is 12.3. The van der Waals surface area contributed by atoms with Gasteiger partial charge in [-0.15, -0.1) is 11.3 Å². The molecule has 86 valence electrons. The summed E-state index contributed by atoms with van der Waals surface area (Å²) in [7, 11) is 1.36. The number of rotatable bonds is 3. The minimum absolute atomic E-state index is 0.199. The van der Waals surface area contributed by atoms with Crippen molar-refractivity contribution in [2.45, 2.75) is 19.1 Å². The highest BCUT2D eigenvalue weighted by molar-refractivity contribution is 7.15. The number of aromatic nitrogens is 1. The van der Waals surface area contributed by atoms with Crippen LogP contribution in [0.5, 0.6) is 0 Å². The van der Waals surface area contributed by atoms with Gasteiger partial charge in [0.15, 0.2) is 5.13 Å². The average Bonchev–Trinajstić information content (AvgIpc) is 2.47. The van der Waals surface area contributed by atoms with E-state index in [9.17, 15) is 13.2 Å². The van der Waals surface area contributed by atoms with E-state index < -0.39 is 12.7 Å². The molecule has 0 radical (unpaired) electrons. The van der Waals surface area contributed by atoms with Crippen molar-refractivity contribution in [3.63, 3.8) is 0 Å². The van der Waals surface area contributed by atoms with Crippen LogP contribution in [0.25, 0.3) is 0 Å². The molecule has 0 aromatic carbocycles. The molecule has 1 atom stereocenters. The maximum absolute atomic E-state index is 12.1. The molecule has 0 fully saturated rings. The lowest BCUT2D eigenvalue weighted by atomic mass is 10.3. The maximum atomic E-state index is 12.1. The number of alkyl halides is 3. The molecule has 7 heteroatoms. The molecule has 15 heavy (non-hydrogen) atoms. The van der Waals surface area contributed by atoms with Crippen LogP contribution in [0.2, 0.25) is 0 Å². The van der Waals surface area contributed by atoms with Crippen LogP contribution in [0.1, 0.15) is 17.8 Å². The number of hydrogen-bond donors (Lipinski definition) is 1. The van der Waals surface area contributed by atoms with Gasteiger partial charge in [-0.05, 0) is 6.92 Å². The third kappa shape index (κ3) is 3.67. The highest BCUT2D eigenvalue weighted by atomic mass is 32.1. The zero-order valence-electron chi connectivity index (χ0n) is 8.38. The normalized spacial score (nSPS) is 14.0. The third-order valence-corrected chi connectivity index (χ3v) is 3.02. The lowest BCUT2D eigenvalue weighted by Gasteiger charge is -2.17. The largest absolute Gasteiger partial charge is 0.405 e. The molecule has 1 aromatic heterocycles. The zero-order valence-corrected chi connectivity index (χ0v) is 9.19. The molecule has 0 aliphatic heterocycles. The second-order valence-electron chi connectivity index (χ2n) is 3.31. The standard InChI is InChI=1S/C8H12F3N3S/c1-5(12)6-3-13-7(15-6)14(2)4-8(9,10)11/h3,5H,4,12H2,1-2H3. The lowest BCUT2D eigenvalue weighted by Crippen LogP contribution is -2.30. The second-order valence-corrected chi connectivity index (χ2v) is 4.35. The predicted octanol–water partition coefficient (Wildman–Crippen LogP) is 2.16. The summed E-state index contributed by atoms with van der Waals surface area (Å²) in [6, 6.07) is -0.199. The first-order valence-corrected chi connectivity index (χ1v) is 5.10. The molecule has 0 bridgehead atoms. The van der Waals surface area contributed by atoms with E-state index in [1.807, 2.05) is 0 Å². The fourth-order valence-electron chi connectivity index (χ4n) is 1.00. The van der Waals surface area contributed by atoms with Crippen LogP contribution >= 0.6 is 11.3 Å². The molecule has 1 unspecified atom stereocenters. The Morgan fingerprint density at radius 1 is 1.60 bits per heavy atom. The van der Waals surface area contributed by atoms with Crippen molar-refractivity contribution in [3.8, 4) is 0 Å². The Kier molecular flexibility index (Phi) is 3.56. The van der Waals surface area contributed by atoms with Gasteiger partial charge in [-0.3, -0.25) is 0 Å². The van der Waals surface area contributed by atoms with E-state index in [2.05, 4.69) is 4.98 Å². The summed E-state index contributed by atoms with van der Waals surface area (Å²) >= 11 is 1.18. The molecule has 0 saturated carbocycles. The number of nitrogens with two attached hydrogens (primary N) is 1. The van der Waals surface area contributed by atoms with Crippen LogP contribution in [0.3, 0.4) is 0 Å². The van der Waals surface area contributed by atoms with Crippen LogP contribution in [-0.2, 0) is 0 Å². The molecule has 1 aromatic rings. The molecular weight excluding hydrogens is 227 g/mol. The van der Waals surface area contributed by atoms with Gasteiger partial charge in [-0.25, -0.2) is 4.98 Å². The molecule has 0 aliphatic rings. The number of nitrogens with zero attached hydrogens (tertiary/aromatic N) is 2. The van der Waals surface area contributed by atoms with E-state index in [1.54, 1.807) is 6.92 Å². The summed E-state index contributed by atoms with van der Waals surface area (Å²) in [4.78, 5) is 5.73. The van der Waals surface area contributed by atoms with Gasteiger partial charge in [0.25, 0.3) is 0 Å². The fraction of sp³-hybridized carbons (Fsp3) is 0.625. The average molecular weight is 239 g/mol. The maximum Gasteiger partial charge on any atom is 0.405 e. The van der Waals surface area contributed by atoms with Crippen LogP contribution < -0.4 is 10.6 Å². The van der Waals surface area contributed by atoms with E-state index in [4.69, 9.17) is 5.73 Å². The van der Waals surface area contributed by atoms with Crippen molar-refractivity contribution in [2.75, 3.05) is 18.5 Å². The van der Waals surface area contributed by atoms with Gasteiger partial charge in [0.1, 0.15) is 6.54 Å². The van der Waals surface area contributed by atoms with Crippen LogP contribution in [-0.4, -0.2) is 24.8 Å². The summed E-state index contributed by atoms with van der Waals surface area (Å²) < 4.78 is 36.2. The highest BCUT2D eigenvalue weighted by Gasteiger charge is 2.30. The Hall–Kier alpha value is -0.820. The van der Waals surface area contributed by atoms with Crippen LogP contribution in [0.4, 0.5) is 18.3 Å². The molecule has 2 N–H and O–H groups in total. The van der Waals surface area contributed by atoms with E-state index in [0.717, 1.165) is 9.78 Å². The van der Waals surface area contributed by atoms with E-state index in [1.165, 1.54) is 24.6 Å². The van der Waals surface area contributed by atoms with Crippen molar-refractivity contribution < 1.29 is 13.2 Å². The van der Waals surface area contributed by atoms with Crippen molar-refractivity contribution in [1.29, 1.82) is 0 Å². The van der Waals surface area contributed by atoms with Gasteiger partial charge >= 0.3 is 6.18 Å². The van der Waals surface area contributed by atoms with Crippen molar-refractivity contribution >= 4 is 16.5 Å². The summed E-state index contributed by atoms with van der Waals surface area (Å²) in [6.45, 7) is 0.764. The zero-order chi connectivity index (χ0) is 11.6. The molecule has 1 rings (SSSR count). The number of anilines is 1. The van der Waals surface area contributed by atoms with Gasteiger partial charge in [0, 0.05) is 24.2 Å². The monoisotopic (exact) mass is 239 g/mol. The second kappa shape index (κ2) is 4.36. The first-order valence-electron chi connectivity index (χ1n) is 4.29. The molecule has 0 saturated heterocycles. The molecule has 0 aliphatic carbocycles. The number of hydrogen-bond acceptors (Lipinski definition) is 4. The molecule has 0 spiro atoms. The van der Waals surface area contributed by atoms with Gasteiger partial charge in [-0.2, -0.15) is 13.2 Å². The SMILES string of the molecule is CC(N)c1cnc(N(C)CC(F)(F)F)s1.